The number of rotatable bonds is 4. The molecule has 0 saturated carbocycles. The van der Waals surface area contributed by atoms with Crippen LogP contribution in [-0.2, 0) is 19.9 Å². The van der Waals surface area contributed by atoms with Gasteiger partial charge in [-0.05, 0) is 43.2 Å². The maximum absolute atomic E-state index is 12.2. The number of halogens is 1. The fourth-order valence-corrected chi connectivity index (χ4v) is 2.11. The van der Waals surface area contributed by atoms with Crippen LogP contribution in [0.15, 0.2) is 24.3 Å². The van der Waals surface area contributed by atoms with E-state index in [1.165, 1.54) is 0 Å². The van der Waals surface area contributed by atoms with E-state index in [0.717, 1.165) is 23.4 Å². The highest BCUT2D eigenvalue weighted by Gasteiger charge is 2.12. The Morgan fingerprint density at radius 3 is 2.68 bits per heavy atom. The minimum Gasteiger partial charge on any atom is -0.294 e. The average molecular weight is 277 g/mol. The number of benzene rings is 1. The average Bonchev–Trinajstić information content (AvgIpc) is 2.73. The summed E-state index contributed by atoms with van der Waals surface area (Å²) in [4.78, 5) is 12.2. The molecule has 0 saturated heterocycles. The van der Waals surface area contributed by atoms with Gasteiger partial charge in [-0.15, -0.1) is 0 Å². The number of carbonyl (C=O) groups excluding carboxylic acids is 1. The van der Waals surface area contributed by atoms with Crippen LogP contribution in [0.4, 0.5) is 0 Å². The molecule has 19 heavy (non-hydrogen) atoms. The van der Waals surface area contributed by atoms with Crippen molar-refractivity contribution in [1.29, 1.82) is 0 Å². The molecule has 0 aliphatic carbocycles. The van der Waals surface area contributed by atoms with E-state index in [9.17, 15) is 4.79 Å². The van der Waals surface area contributed by atoms with Crippen molar-refractivity contribution in [3.8, 4) is 0 Å². The fourth-order valence-electron chi connectivity index (χ4n) is 1.99. The Balaban J connectivity index is 2.20. The van der Waals surface area contributed by atoms with Gasteiger partial charge in [-0.25, -0.2) is 0 Å². The van der Waals surface area contributed by atoms with E-state index in [2.05, 4.69) is 12.0 Å². The molecular weight excluding hydrogens is 260 g/mol. The molecule has 0 fully saturated rings. The van der Waals surface area contributed by atoms with Crippen molar-refractivity contribution < 1.29 is 4.79 Å². The molecule has 4 heteroatoms. The lowest BCUT2D eigenvalue weighted by Gasteiger charge is -2.04. The molecule has 0 atom stereocenters. The Labute approximate surface area is 118 Å². The van der Waals surface area contributed by atoms with Gasteiger partial charge in [-0.3, -0.25) is 9.48 Å². The van der Waals surface area contributed by atoms with E-state index in [4.69, 9.17) is 11.6 Å². The van der Waals surface area contributed by atoms with Gasteiger partial charge in [0.25, 0.3) is 0 Å². The molecule has 100 valence electrons. The Kier molecular flexibility index (Phi) is 4.05. The second-order valence-electron chi connectivity index (χ2n) is 4.67. The van der Waals surface area contributed by atoms with E-state index in [1.54, 1.807) is 16.8 Å². The maximum Gasteiger partial charge on any atom is 0.168 e. The summed E-state index contributed by atoms with van der Waals surface area (Å²) in [5, 5.41) is 5.04. The van der Waals surface area contributed by atoms with Crippen LogP contribution in [0, 0.1) is 6.92 Å². The van der Waals surface area contributed by atoms with Gasteiger partial charge in [0.05, 0.1) is 12.1 Å². The van der Waals surface area contributed by atoms with Crippen molar-refractivity contribution in [3.63, 3.8) is 0 Å². The minimum atomic E-state index is 0.0884. The Bertz CT molecular complexity index is 617. The van der Waals surface area contributed by atoms with E-state index in [-0.39, 0.29) is 5.78 Å². The first-order valence-electron chi connectivity index (χ1n) is 6.32. The molecule has 1 aromatic carbocycles. The summed E-state index contributed by atoms with van der Waals surface area (Å²) in [6.45, 7) is 3.95. The first-order chi connectivity index (χ1) is 9.01. The zero-order chi connectivity index (χ0) is 14.0. The van der Waals surface area contributed by atoms with E-state index in [0.29, 0.717) is 17.0 Å². The standard InChI is InChI=1S/C15H17ClN2O/c1-4-12-8-13(18(3)17-12)9-15(19)11-5-6-14(16)10(2)7-11/h5-8H,4,9H2,1-3H3. The highest BCUT2D eigenvalue weighted by atomic mass is 35.5. The second-order valence-corrected chi connectivity index (χ2v) is 5.08. The predicted molar refractivity (Wildman–Crippen MR) is 76.8 cm³/mol. The first kappa shape index (κ1) is 13.8. The topological polar surface area (TPSA) is 34.9 Å². The van der Waals surface area contributed by atoms with Crippen LogP contribution in [0.3, 0.4) is 0 Å². The lowest BCUT2D eigenvalue weighted by Crippen LogP contribution is -2.08. The number of hydrogen-bond acceptors (Lipinski definition) is 2. The Morgan fingerprint density at radius 2 is 2.11 bits per heavy atom. The van der Waals surface area contributed by atoms with Gasteiger partial charge >= 0.3 is 0 Å². The minimum absolute atomic E-state index is 0.0884. The molecule has 0 unspecified atom stereocenters. The number of hydrogen-bond donors (Lipinski definition) is 0. The van der Waals surface area contributed by atoms with Crippen molar-refractivity contribution in [2.75, 3.05) is 0 Å². The number of Topliss-reactive ketones (excluding diaryl/α,β-unsaturated/α-hetero) is 1. The van der Waals surface area contributed by atoms with Gasteiger partial charge in [-0.1, -0.05) is 18.5 Å². The molecule has 0 bridgehead atoms. The van der Waals surface area contributed by atoms with Gasteiger partial charge in [0.1, 0.15) is 0 Å². The lowest BCUT2D eigenvalue weighted by molar-refractivity contribution is 0.0990. The number of carbonyl (C=O) groups is 1. The summed E-state index contributed by atoms with van der Waals surface area (Å²) in [5.74, 6) is 0.0884. The van der Waals surface area contributed by atoms with Gasteiger partial charge in [-0.2, -0.15) is 5.10 Å². The Hall–Kier alpha value is -1.61. The zero-order valence-corrected chi connectivity index (χ0v) is 12.2. The third-order valence-corrected chi connectivity index (χ3v) is 3.64. The summed E-state index contributed by atoms with van der Waals surface area (Å²) in [5.41, 5.74) is 3.57. The molecule has 0 N–H and O–H groups in total. The van der Waals surface area contributed by atoms with Crippen LogP contribution in [0.25, 0.3) is 0 Å². The highest BCUT2D eigenvalue weighted by Crippen LogP contribution is 2.18. The quantitative estimate of drug-likeness (QED) is 0.803. The summed E-state index contributed by atoms with van der Waals surface area (Å²) >= 11 is 5.97. The van der Waals surface area contributed by atoms with E-state index >= 15 is 0 Å². The number of nitrogens with zero attached hydrogens (tertiary/aromatic N) is 2. The highest BCUT2D eigenvalue weighted by molar-refractivity contribution is 6.31. The number of ketones is 1. The van der Waals surface area contributed by atoms with Gasteiger partial charge in [0.2, 0.25) is 0 Å². The molecule has 0 aliphatic heterocycles. The number of aromatic nitrogens is 2. The molecular formula is C15H17ClN2O. The third kappa shape index (κ3) is 3.04. The molecule has 0 spiro atoms. The van der Waals surface area contributed by atoms with E-state index in [1.807, 2.05) is 26.1 Å². The van der Waals surface area contributed by atoms with Crippen LogP contribution in [0.2, 0.25) is 5.02 Å². The number of aryl methyl sites for hydroxylation is 3. The molecule has 1 aromatic heterocycles. The summed E-state index contributed by atoms with van der Waals surface area (Å²) in [6.07, 6.45) is 1.24. The van der Waals surface area contributed by atoms with E-state index < -0.39 is 0 Å². The molecule has 2 aromatic rings. The fraction of sp³-hybridized carbons (Fsp3) is 0.333. The predicted octanol–water partition coefficient (Wildman–Crippen LogP) is 3.37. The van der Waals surface area contributed by atoms with Crippen LogP contribution >= 0.6 is 11.6 Å². The summed E-state index contributed by atoms with van der Waals surface area (Å²) < 4.78 is 1.78. The second kappa shape index (κ2) is 5.57. The lowest BCUT2D eigenvalue weighted by atomic mass is 10.0. The first-order valence-corrected chi connectivity index (χ1v) is 6.70. The van der Waals surface area contributed by atoms with Gasteiger partial charge in [0, 0.05) is 23.3 Å². The zero-order valence-electron chi connectivity index (χ0n) is 11.4. The van der Waals surface area contributed by atoms with Crippen LogP contribution in [0.1, 0.15) is 34.2 Å². The third-order valence-electron chi connectivity index (χ3n) is 3.21. The normalized spacial score (nSPS) is 10.7. The van der Waals surface area contributed by atoms with Crippen molar-refractivity contribution in [2.45, 2.75) is 26.7 Å². The van der Waals surface area contributed by atoms with Gasteiger partial charge < -0.3 is 0 Å². The summed E-state index contributed by atoms with van der Waals surface area (Å²) in [7, 11) is 1.87. The Morgan fingerprint density at radius 1 is 1.37 bits per heavy atom. The molecule has 3 nitrogen and oxygen atoms in total. The molecule has 0 aliphatic rings. The molecule has 1 heterocycles. The maximum atomic E-state index is 12.2. The van der Waals surface area contributed by atoms with Gasteiger partial charge in [0.15, 0.2) is 5.78 Å². The molecule has 2 rings (SSSR count). The molecule has 0 radical (unpaired) electrons. The monoisotopic (exact) mass is 276 g/mol. The van der Waals surface area contributed by atoms with Crippen molar-refractivity contribution >= 4 is 17.4 Å². The van der Waals surface area contributed by atoms with Crippen LogP contribution < -0.4 is 0 Å². The van der Waals surface area contributed by atoms with Crippen molar-refractivity contribution in [2.24, 2.45) is 7.05 Å². The molecule has 0 amide bonds. The smallest absolute Gasteiger partial charge is 0.168 e. The largest absolute Gasteiger partial charge is 0.294 e. The van der Waals surface area contributed by atoms with Crippen LogP contribution in [-0.4, -0.2) is 15.6 Å². The summed E-state index contributed by atoms with van der Waals surface area (Å²) in [6, 6.07) is 7.36. The SMILES string of the molecule is CCc1cc(CC(=O)c2ccc(Cl)c(C)c2)n(C)n1. The van der Waals surface area contributed by atoms with Crippen molar-refractivity contribution in [1.82, 2.24) is 9.78 Å². The van der Waals surface area contributed by atoms with Crippen molar-refractivity contribution in [3.05, 3.63) is 51.8 Å². The van der Waals surface area contributed by atoms with Crippen LogP contribution in [0.5, 0.6) is 0 Å².